The number of aromatic nitrogens is 1. The van der Waals surface area contributed by atoms with Gasteiger partial charge in [0.2, 0.25) is 0 Å². The number of nitrogens with zero attached hydrogens (tertiary/aromatic N) is 1. The average Bonchev–Trinajstić information content (AvgIpc) is 2.79. The molecule has 22 heavy (non-hydrogen) atoms. The van der Waals surface area contributed by atoms with Gasteiger partial charge < -0.3 is 15.8 Å². The second-order valence-electron chi connectivity index (χ2n) is 5.23. The predicted molar refractivity (Wildman–Crippen MR) is 91.6 cm³/mol. The van der Waals surface area contributed by atoms with E-state index in [2.05, 4.69) is 10.3 Å². The van der Waals surface area contributed by atoms with Crippen LogP contribution >= 0.6 is 22.9 Å². The van der Waals surface area contributed by atoms with Crippen molar-refractivity contribution >= 4 is 45.4 Å². The van der Waals surface area contributed by atoms with Crippen LogP contribution in [0.2, 0.25) is 5.02 Å². The van der Waals surface area contributed by atoms with Crippen molar-refractivity contribution in [2.75, 3.05) is 18.2 Å². The second-order valence-corrected chi connectivity index (χ2v) is 6.64. The van der Waals surface area contributed by atoms with Gasteiger partial charge in [0.15, 0.2) is 10.9 Å². The Bertz CT molecular complexity index is 685. The van der Waals surface area contributed by atoms with Gasteiger partial charge in [-0.15, -0.1) is 0 Å². The number of halogens is 1. The van der Waals surface area contributed by atoms with Gasteiger partial charge in [0.05, 0.1) is 12.1 Å². The molecule has 0 atom stereocenters. The SMILES string of the molecule is COc1ccc(Nc2nc(N)c(C(=O)CC(C)C)s2)cc1Cl. The smallest absolute Gasteiger partial charge is 0.189 e. The van der Waals surface area contributed by atoms with Crippen molar-refractivity contribution in [2.45, 2.75) is 20.3 Å². The molecule has 2 aromatic rings. The van der Waals surface area contributed by atoms with Crippen molar-refractivity contribution in [1.82, 2.24) is 4.98 Å². The maximum Gasteiger partial charge on any atom is 0.189 e. The molecular formula is C15H18ClN3O2S. The van der Waals surface area contributed by atoms with E-state index in [1.807, 2.05) is 19.9 Å². The zero-order valence-electron chi connectivity index (χ0n) is 12.6. The van der Waals surface area contributed by atoms with Crippen LogP contribution in [0.15, 0.2) is 18.2 Å². The van der Waals surface area contributed by atoms with E-state index in [-0.39, 0.29) is 17.5 Å². The molecule has 1 heterocycles. The van der Waals surface area contributed by atoms with Gasteiger partial charge in [-0.05, 0) is 24.1 Å². The number of benzene rings is 1. The van der Waals surface area contributed by atoms with Gasteiger partial charge in [0.25, 0.3) is 0 Å². The number of nitrogens with one attached hydrogen (secondary N) is 1. The number of anilines is 3. The van der Waals surface area contributed by atoms with Gasteiger partial charge in [0.1, 0.15) is 16.4 Å². The lowest BCUT2D eigenvalue weighted by Crippen LogP contribution is -2.04. The van der Waals surface area contributed by atoms with Crippen molar-refractivity contribution in [1.29, 1.82) is 0 Å². The Morgan fingerprint density at radius 1 is 1.50 bits per heavy atom. The van der Waals surface area contributed by atoms with Gasteiger partial charge in [-0.25, -0.2) is 4.98 Å². The van der Waals surface area contributed by atoms with E-state index in [1.165, 1.54) is 11.3 Å². The molecule has 118 valence electrons. The fourth-order valence-electron chi connectivity index (χ4n) is 1.92. The maximum absolute atomic E-state index is 12.1. The molecule has 0 spiro atoms. The number of thiazole rings is 1. The highest BCUT2D eigenvalue weighted by Crippen LogP contribution is 2.32. The van der Waals surface area contributed by atoms with Crippen molar-refractivity contribution in [2.24, 2.45) is 5.92 Å². The number of hydrogen-bond acceptors (Lipinski definition) is 6. The molecule has 7 heteroatoms. The summed E-state index contributed by atoms with van der Waals surface area (Å²) in [7, 11) is 1.56. The van der Waals surface area contributed by atoms with Crippen LogP contribution in [0.4, 0.5) is 16.6 Å². The highest BCUT2D eigenvalue weighted by Gasteiger charge is 2.17. The zero-order valence-corrected chi connectivity index (χ0v) is 14.2. The van der Waals surface area contributed by atoms with Crippen LogP contribution in [0, 0.1) is 5.92 Å². The second kappa shape index (κ2) is 6.98. The van der Waals surface area contributed by atoms with Crippen LogP contribution in [-0.4, -0.2) is 17.9 Å². The van der Waals surface area contributed by atoms with Crippen LogP contribution in [0.5, 0.6) is 5.75 Å². The first-order chi connectivity index (χ1) is 10.4. The molecule has 5 nitrogen and oxygen atoms in total. The average molecular weight is 340 g/mol. The summed E-state index contributed by atoms with van der Waals surface area (Å²) in [6, 6.07) is 5.30. The lowest BCUT2D eigenvalue weighted by atomic mass is 10.1. The number of rotatable bonds is 6. The fraction of sp³-hybridized carbons (Fsp3) is 0.333. The van der Waals surface area contributed by atoms with Crippen LogP contribution < -0.4 is 15.8 Å². The number of carbonyl (C=O) groups excluding carboxylic acids is 1. The molecule has 1 aromatic carbocycles. The standard InChI is InChI=1S/C15H18ClN3O2S/c1-8(2)6-11(20)13-14(17)19-15(22-13)18-9-4-5-12(21-3)10(16)7-9/h4-5,7-8H,6,17H2,1-3H3,(H,18,19). The van der Waals surface area contributed by atoms with Crippen LogP contribution in [0.3, 0.4) is 0 Å². The Morgan fingerprint density at radius 3 is 2.82 bits per heavy atom. The fourth-order valence-corrected chi connectivity index (χ4v) is 3.03. The number of carbonyl (C=O) groups is 1. The van der Waals surface area contributed by atoms with Gasteiger partial charge in [-0.2, -0.15) is 0 Å². The van der Waals surface area contributed by atoms with Crippen LogP contribution in [-0.2, 0) is 0 Å². The van der Waals surface area contributed by atoms with E-state index >= 15 is 0 Å². The summed E-state index contributed by atoms with van der Waals surface area (Å²) in [4.78, 5) is 16.8. The monoisotopic (exact) mass is 339 g/mol. The normalized spacial score (nSPS) is 10.8. The van der Waals surface area contributed by atoms with E-state index in [4.69, 9.17) is 22.1 Å². The topological polar surface area (TPSA) is 77.2 Å². The summed E-state index contributed by atoms with van der Waals surface area (Å²) in [6.07, 6.45) is 0.459. The third kappa shape index (κ3) is 3.90. The van der Waals surface area contributed by atoms with Crippen LogP contribution in [0.25, 0.3) is 0 Å². The van der Waals surface area contributed by atoms with Crippen molar-refractivity contribution in [3.05, 3.63) is 28.1 Å². The maximum atomic E-state index is 12.1. The van der Waals surface area contributed by atoms with E-state index < -0.39 is 0 Å². The third-order valence-corrected chi connectivity index (χ3v) is 4.23. The van der Waals surface area contributed by atoms with E-state index in [0.717, 1.165) is 5.69 Å². The quantitative estimate of drug-likeness (QED) is 0.764. The lowest BCUT2D eigenvalue weighted by molar-refractivity contribution is 0.0972. The Kier molecular flexibility index (Phi) is 5.26. The first kappa shape index (κ1) is 16.6. The number of Topliss-reactive ketones (excluding diaryl/α,β-unsaturated/α-hetero) is 1. The van der Waals surface area contributed by atoms with Crippen molar-refractivity contribution in [3.8, 4) is 5.75 Å². The molecule has 0 aliphatic heterocycles. The number of ketones is 1. The number of methoxy groups -OCH3 is 1. The number of nitrogen functional groups attached to an aromatic ring is 1. The Hall–Kier alpha value is -1.79. The third-order valence-electron chi connectivity index (χ3n) is 2.90. The number of hydrogen-bond donors (Lipinski definition) is 2. The largest absolute Gasteiger partial charge is 0.495 e. The number of nitrogens with two attached hydrogens (primary N) is 1. The van der Waals surface area contributed by atoms with Gasteiger partial charge >= 0.3 is 0 Å². The minimum Gasteiger partial charge on any atom is -0.495 e. The minimum atomic E-state index is 0.0193. The molecule has 1 aromatic heterocycles. The van der Waals surface area contributed by atoms with E-state index in [0.29, 0.717) is 27.2 Å². The van der Waals surface area contributed by atoms with Gasteiger partial charge in [-0.1, -0.05) is 36.8 Å². The summed E-state index contributed by atoms with van der Waals surface area (Å²) in [5.41, 5.74) is 6.59. The molecule has 0 unspecified atom stereocenters. The first-order valence-electron chi connectivity index (χ1n) is 6.80. The highest BCUT2D eigenvalue weighted by atomic mass is 35.5. The predicted octanol–water partition coefficient (Wildman–Crippen LogP) is 4.36. The van der Waals surface area contributed by atoms with Gasteiger partial charge in [0, 0.05) is 12.1 Å². The summed E-state index contributed by atoms with van der Waals surface area (Å²) < 4.78 is 5.10. The molecule has 0 saturated carbocycles. The molecule has 0 aliphatic carbocycles. The molecule has 0 fully saturated rings. The molecule has 3 N–H and O–H groups in total. The van der Waals surface area contributed by atoms with Gasteiger partial charge in [-0.3, -0.25) is 4.79 Å². The zero-order chi connectivity index (χ0) is 16.3. The summed E-state index contributed by atoms with van der Waals surface area (Å²) in [6.45, 7) is 3.99. The Balaban J connectivity index is 2.17. The minimum absolute atomic E-state index is 0.0193. The summed E-state index contributed by atoms with van der Waals surface area (Å²) >= 11 is 7.33. The first-order valence-corrected chi connectivity index (χ1v) is 8.00. The Labute approximate surface area is 138 Å². The molecule has 0 radical (unpaired) electrons. The Morgan fingerprint density at radius 2 is 2.23 bits per heavy atom. The van der Waals surface area contributed by atoms with Crippen molar-refractivity contribution < 1.29 is 9.53 Å². The molecule has 0 saturated heterocycles. The summed E-state index contributed by atoms with van der Waals surface area (Å²) in [5, 5.41) is 4.16. The van der Waals surface area contributed by atoms with E-state index in [9.17, 15) is 4.79 Å². The molecule has 0 bridgehead atoms. The van der Waals surface area contributed by atoms with E-state index in [1.54, 1.807) is 19.2 Å². The molecular weight excluding hydrogens is 322 g/mol. The van der Waals surface area contributed by atoms with Crippen LogP contribution in [0.1, 0.15) is 29.9 Å². The van der Waals surface area contributed by atoms with Crippen molar-refractivity contribution in [3.63, 3.8) is 0 Å². The molecule has 0 aliphatic rings. The molecule has 0 amide bonds. The molecule has 2 rings (SSSR count). The summed E-state index contributed by atoms with van der Waals surface area (Å²) in [5.74, 6) is 1.16. The number of ether oxygens (including phenoxy) is 1. The lowest BCUT2D eigenvalue weighted by Gasteiger charge is -2.06. The highest BCUT2D eigenvalue weighted by molar-refractivity contribution is 7.18.